The van der Waals surface area contributed by atoms with Crippen LogP contribution in [0.15, 0.2) is 24.3 Å². The normalized spacial score (nSPS) is 11.1. The minimum Gasteiger partial charge on any atom is -0.494 e. The van der Waals surface area contributed by atoms with Crippen LogP contribution in [0.5, 0.6) is 5.75 Å². The molecule has 1 rings (SSSR count). The number of nitrogens with two attached hydrogens (primary N) is 1. The van der Waals surface area contributed by atoms with Crippen LogP contribution in [0.1, 0.15) is 23.7 Å². The van der Waals surface area contributed by atoms with E-state index in [0.717, 1.165) is 6.42 Å². The van der Waals surface area contributed by atoms with Gasteiger partial charge < -0.3 is 10.1 Å². The van der Waals surface area contributed by atoms with Crippen LogP contribution in [0.25, 0.3) is 0 Å². The summed E-state index contributed by atoms with van der Waals surface area (Å²) in [5.74, 6) is -0.0309. The number of hydrogen-bond donors (Lipinski definition) is 2. The Morgan fingerprint density at radius 2 is 2.16 bits per heavy atom. The molecule has 0 saturated carbocycles. The second-order valence-electron chi connectivity index (χ2n) is 4.00. The molecule has 1 aromatic carbocycles. The van der Waals surface area contributed by atoms with E-state index in [0.29, 0.717) is 17.9 Å². The van der Waals surface area contributed by atoms with Crippen molar-refractivity contribution in [3.8, 4) is 5.75 Å². The molecule has 0 aromatic heterocycles. The van der Waals surface area contributed by atoms with E-state index in [2.05, 4.69) is 5.32 Å². The fourth-order valence-corrected chi connectivity index (χ4v) is 1.74. The summed E-state index contributed by atoms with van der Waals surface area (Å²) in [6.45, 7) is 2.55. The summed E-state index contributed by atoms with van der Waals surface area (Å²) < 4.78 is 26.9. The maximum atomic E-state index is 11.8. The van der Waals surface area contributed by atoms with E-state index < -0.39 is 10.0 Å². The molecule has 19 heavy (non-hydrogen) atoms. The highest BCUT2D eigenvalue weighted by molar-refractivity contribution is 7.89. The van der Waals surface area contributed by atoms with Gasteiger partial charge in [0.1, 0.15) is 5.75 Å². The number of sulfonamides is 1. The van der Waals surface area contributed by atoms with Crippen molar-refractivity contribution in [1.29, 1.82) is 0 Å². The molecule has 0 aliphatic rings. The smallest absolute Gasteiger partial charge is 0.251 e. The third-order valence-electron chi connectivity index (χ3n) is 2.24. The number of rotatable bonds is 7. The molecule has 0 unspecified atom stereocenters. The van der Waals surface area contributed by atoms with Crippen LogP contribution in [-0.2, 0) is 10.0 Å². The first-order valence-electron chi connectivity index (χ1n) is 5.94. The van der Waals surface area contributed by atoms with Gasteiger partial charge in [0, 0.05) is 12.1 Å². The predicted molar refractivity (Wildman–Crippen MR) is 72.5 cm³/mol. The SMILES string of the molecule is CCCOc1cccc(C(=O)NCCS(N)(=O)=O)c1. The van der Waals surface area contributed by atoms with Crippen LogP contribution < -0.4 is 15.2 Å². The standard InChI is InChI=1S/C12H18N2O4S/c1-2-7-18-11-5-3-4-10(9-11)12(15)14-6-8-19(13,16)17/h3-5,9H,2,6-8H2,1H3,(H,14,15)(H2,13,16,17). The Kier molecular flexibility index (Phi) is 5.78. The molecule has 0 aliphatic heterocycles. The minimum atomic E-state index is -3.56. The van der Waals surface area contributed by atoms with E-state index in [4.69, 9.17) is 9.88 Å². The van der Waals surface area contributed by atoms with Crippen molar-refractivity contribution in [2.75, 3.05) is 18.9 Å². The molecule has 106 valence electrons. The lowest BCUT2D eigenvalue weighted by Crippen LogP contribution is -2.31. The molecule has 0 fully saturated rings. The lowest BCUT2D eigenvalue weighted by molar-refractivity contribution is 0.0955. The lowest BCUT2D eigenvalue weighted by Gasteiger charge is -2.07. The van der Waals surface area contributed by atoms with E-state index in [9.17, 15) is 13.2 Å². The summed E-state index contributed by atoms with van der Waals surface area (Å²) in [7, 11) is -3.56. The third-order valence-corrected chi connectivity index (χ3v) is 3.01. The van der Waals surface area contributed by atoms with Crippen molar-refractivity contribution in [3.05, 3.63) is 29.8 Å². The molecule has 0 saturated heterocycles. The van der Waals surface area contributed by atoms with E-state index in [1.807, 2.05) is 6.92 Å². The molecule has 0 heterocycles. The number of ether oxygens (including phenoxy) is 1. The number of primary sulfonamides is 1. The predicted octanol–water partition coefficient (Wildman–Crippen LogP) is 0.494. The summed E-state index contributed by atoms with van der Waals surface area (Å²) >= 11 is 0. The first-order valence-corrected chi connectivity index (χ1v) is 7.65. The van der Waals surface area contributed by atoms with Crippen LogP contribution in [0.2, 0.25) is 0 Å². The quantitative estimate of drug-likeness (QED) is 0.762. The van der Waals surface area contributed by atoms with Gasteiger partial charge in [-0.15, -0.1) is 0 Å². The van der Waals surface area contributed by atoms with Crippen molar-refractivity contribution in [3.63, 3.8) is 0 Å². The summed E-state index contributed by atoms with van der Waals surface area (Å²) in [6, 6.07) is 6.71. The van der Waals surface area contributed by atoms with Crippen LogP contribution in [0.4, 0.5) is 0 Å². The second-order valence-corrected chi connectivity index (χ2v) is 5.73. The van der Waals surface area contributed by atoms with Gasteiger partial charge in [0.15, 0.2) is 0 Å². The molecule has 0 radical (unpaired) electrons. The Labute approximate surface area is 113 Å². The summed E-state index contributed by atoms with van der Waals surface area (Å²) in [5, 5.41) is 7.33. The number of carbonyl (C=O) groups excluding carboxylic acids is 1. The molecule has 1 amide bonds. The fourth-order valence-electron chi connectivity index (χ4n) is 1.36. The highest BCUT2D eigenvalue weighted by Gasteiger charge is 2.08. The molecule has 0 aliphatic carbocycles. The van der Waals surface area contributed by atoms with E-state index in [1.165, 1.54) is 0 Å². The molecule has 0 atom stereocenters. The Hall–Kier alpha value is -1.60. The molecule has 1 aromatic rings. The van der Waals surface area contributed by atoms with Crippen molar-refractivity contribution in [2.24, 2.45) is 5.14 Å². The highest BCUT2D eigenvalue weighted by atomic mass is 32.2. The van der Waals surface area contributed by atoms with E-state index >= 15 is 0 Å². The summed E-state index contributed by atoms with van der Waals surface area (Å²) in [6.07, 6.45) is 0.880. The van der Waals surface area contributed by atoms with Crippen molar-refractivity contribution >= 4 is 15.9 Å². The largest absolute Gasteiger partial charge is 0.494 e. The van der Waals surface area contributed by atoms with Gasteiger partial charge in [0.2, 0.25) is 10.0 Å². The number of amides is 1. The molecular weight excluding hydrogens is 268 g/mol. The number of carbonyl (C=O) groups is 1. The van der Waals surface area contributed by atoms with Gasteiger partial charge in [-0.1, -0.05) is 13.0 Å². The van der Waals surface area contributed by atoms with Crippen molar-refractivity contribution in [2.45, 2.75) is 13.3 Å². The Morgan fingerprint density at radius 1 is 1.42 bits per heavy atom. The van der Waals surface area contributed by atoms with Crippen LogP contribution in [-0.4, -0.2) is 33.2 Å². The third kappa shape index (κ3) is 6.21. The summed E-state index contributed by atoms with van der Waals surface area (Å²) in [4.78, 5) is 11.8. The number of nitrogens with one attached hydrogen (secondary N) is 1. The molecule has 6 nitrogen and oxygen atoms in total. The zero-order valence-electron chi connectivity index (χ0n) is 10.8. The van der Waals surface area contributed by atoms with Gasteiger partial charge in [-0.25, -0.2) is 13.6 Å². The molecule has 3 N–H and O–H groups in total. The average molecular weight is 286 g/mol. The zero-order chi connectivity index (χ0) is 14.3. The van der Waals surface area contributed by atoms with Gasteiger partial charge in [0.25, 0.3) is 5.91 Å². The van der Waals surface area contributed by atoms with Crippen LogP contribution in [0.3, 0.4) is 0 Å². The maximum absolute atomic E-state index is 11.8. The molecule has 7 heteroatoms. The Balaban J connectivity index is 2.56. The molecule has 0 bridgehead atoms. The maximum Gasteiger partial charge on any atom is 0.251 e. The molecule has 0 spiro atoms. The number of benzene rings is 1. The van der Waals surface area contributed by atoms with Crippen LogP contribution in [0, 0.1) is 0 Å². The van der Waals surface area contributed by atoms with Crippen molar-refractivity contribution in [1.82, 2.24) is 5.32 Å². The number of hydrogen-bond acceptors (Lipinski definition) is 4. The van der Waals surface area contributed by atoms with Gasteiger partial charge in [0.05, 0.1) is 12.4 Å². The Bertz CT molecular complexity index is 528. The van der Waals surface area contributed by atoms with Gasteiger partial charge in [-0.3, -0.25) is 4.79 Å². The average Bonchev–Trinajstić information content (AvgIpc) is 2.35. The summed E-state index contributed by atoms with van der Waals surface area (Å²) in [5.41, 5.74) is 0.419. The topological polar surface area (TPSA) is 98.5 Å². The monoisotopic (exact) mass is 286 g/mol. The van der Waals surface area contributed by atoms with E-state index in [1.54, 1.807) is 24.3 Å². The Morgan fingerprint density at radius 3 is 2.79 bits per heavy atom. The van der Waals surface area contributed by atoms with Crippen molar-refractivity contribution < 1.29 is 17.9 Å². The molecular formula is C12H18N2O4S. The second kappa shape index (κ2) is 7.10. The fraction of sp³-hybridized carbons (Fsp3) is 0.417. The van der Waals surface area contributed by atoms with Crippen LogP contribution >= 0.6 is 0 Å². The van der Waals surface area contributed by atoms with E-state index in [-0.39, 0.29) is 18.2 Å². The zero-order valence-corrected chi connectivity index (χ0v) is 11.6. The minimum absolute atomic E-state index is 0.0162. The van der Waals surface area contributed by atoms with Gasteiger partial charge >= 0.3 is 0 Å². The first-order chi connectivity index (χ1) is 8.92. The lowest BCUT2D eigenvalue weighted by atomic mass is 10.2. The highest BCUT2D eigenvalue weighted by Crippen LogP contribution is 2.13. The first kappa shape index (κ1) is 15.5. The van der Waals surface area contributed by atoms with Gasteiger partial charge in [-0.2, -0.15) is 0 Å². The van der Waals surface area contributed by atoms with Gasteiger partial charge in [-0.05, 0) is 24.6 Å².